The lowest BCUT2D eigenvalue weighted by Gasteiger charge is -2.40. The number of nitrogens with zero attached hydrogens (tertiary/aromatic N) is 5. The van der Waals surface area contributed by atoms with E-state index in [1.165, 1.54) is 18.5 Å². The van der Waals surface area contributed by atoms with Crippen molar-refractivity contribution in [2.45, 2.75) is 38.6 Å². The summed E-state index contributed by atoms with van der Waals surface area (Å²) in [4.78, 5) is 12.0. The van der Waals surface area contributed by atoms with E-state index in [-0.39, 0.29) is 5.41 Å². The molecule has 4 heterocycles. The molecule has 3 aromatic heterocycles. The van der Waals surface area contributed by atoms with Crippen LogP contribution < -0.4 is 0 Å². The molecule has 1 saturated heterocycles. The van der Waals surface area contributed by atoms with Crippen LogP contribution in [-0.2, 0) is 19.0 Å². The Balaban J connectivity index is 1.61. The predicted molar refractivity (Wildman–Crippen MR) is 99.3 cm³/mol. The van der Waals surface area contributed by atoms with Crippen LogP contribution in [0.15, 0.2) is 36.5 Å². The molecular formula is C20H25N5. The lowest BCUT2D eigenvalue weighted by molar-refractivity contribution is 0.146. The molecule has 25 heavy (non-hydrogen) atoms. The maximum atomic E-state index is 4.99. The summed E-state index contributed by atoms with van der Waals surface area (Å²) >= 11 is 0. The fourth-order valence-corrected chi connectivity index (χ4v) is 4.05. The zero-order valence-corrected chi connectivity index (χ0v) is 15.2. The third-order valence-electron chi connectivity index (χ3n) is 5.38. The minimum Gasteiger partial charge on any atom is -0.297 e. The van der Waals surface area contributed by atoms with E-state index in [0.717, 1.165) is 42.1 Å². The largest absolute Gasteiger partial charge is 0.297 e. The van der Waals surface area contributed by atoms with Gasteiger partial charge in [0.2, 0.25) is 0 Å². The third kappa shape index (κ3) is 3.04. The van der Waals surface area contributed by atoms with Crippen LogP contribution in [0.25, 0.3) is 11.0 Å². The maximum absolute atomic E-state index is 4.99. The Morgan fingerprint density at radius 2 is 2.08 bits per heavy atom. The zero-order chi connectivity index (χ0) is 17.4. The quantitative estimate of drug-likeness (QED) is 0.737. The topological polar surface area (TPSA) is 46.8 Å². The van der Waals surface area contributed by atoms with Gasteiger partial charge in [-0.1, -0.05) is 13.0 Å². The summed E-state index contributed by atoms with van der Waals surface area (Å²) in [5, 5.41) is 5.65. The number of piperidine rings is 1. The summed E-state index contributed by atoms with van der Waals surface area (Å²) in [5.74, 6) is 0. The monoisotopic (exact) mass is 335 g/mol. The summed E-state index contributed by atoms with van der Waals surface area (Å²) in [6, 6.07) is 10.5. The Kier molecular flexibility index (Phi) is 4.04. The van der Waals surface area contributed by atoms with Gasteiger partial charge in [-0.2, -0.15) is 5.10 Å². The van der Waals surface area contributed by atoms with Gasteiger partial charge in [0.25, 0.3) is 0 Å². The smallest absolute Gasteiger partial charge is 0.158 e. The second-order valence-corrected chi connectivity index (χ2v) is 7.47. The van der Waals surface area contributed by atoms with Crippen molar-refractivity contribution in [1.29, 1.82) is 0 Å². The van der Waals surface area contributed by atoms with Gasteiger partial charge in [-0.3, -0.25) is 14.6 Å². The van der Waals surface area contributed by atoms with Crippen LogP contribution in [0.2, 0.25) is 0 Å². The lowest BCUT2D eigenvalue weighted by atomic mass is 9.78. The number of fused-ring (bicyclic) bond motifs is 1. The summed E-state index contributed by atoms with van der Waals surface area (Å²) in [6.07, 6.45) is 4.23. The Hall–Kier alpha value is -2.27. The van der Waals surface area contributed by atoms with Gasteiger partial charge >= 0.3 is 0 Å². The molecule has 0 radical (unpaired) electrons. The van der Waals surface area contributed by atoms with E-state index in [9.17, 15) is 0 Å². The molecule has 0 spiro atoms. The average molecular weight is 335 g/mol. The molecule has 3 aromatic rings. The first-order valence-corrected chi connectivity index (χ1v) is 8.98. The standard InChI is InChI=1S/C20H25N5/c1-15-17-8-9-18(22-19(17)24(3)23-15)20(2)10-6-12-25(14-20)13-16-7-4-5-11-21-16/h4-5,7-9,11H,6,10,12-14H2,1-3H3. The van der Waals surface area contributed by atoms with Crippen molar-refractivity contribution in [3.8, 4) is 0 Å². The first kappa shape index (κ1) is 16.2. The van der Waals surface area contributed by atoms with Crippen molar-refractivity contribution >= 4 is 11.0 Å². The van der Waals surface area contributed by atoms with Gasteiger partial charge in [0.05, 0.1) is 17.1 Å². The van der Waals surface area contributed by atoms with Crippen LogP contribution in [0.5, 0.6) is 0 Å². The Labute approximate surface area is 148 Å². The Bertz CT molecular complexity index is 886. The fourth-order valence-electron chi connectivity index (χ4n) is 4.05. The number of hydrogen-bond acceptors (Lipinski definition) is 4. The maximum Gasteiger partial charge on any atom is 0.158 e. The van der Waals surface area contributed by atoms with Crippen LogP contribution >= 0.6 is 0 Å². The molecule has 0 amide bonds. The highest BCUT2D eigenvalue weighted by Crippen LogP contribution is 2.34. The zero-order valence-electron chi connectivity index (χ0n) is 15.2. The molecule has 1 atom stereocenters. The van der Waals surface area contributed by atoms with Crippen LogP contribution in [0.1, 0.15) is 36.8 Å². The van der Waals surface area contributed by atoms with E-state index in [1.807, 2.05) is 30.9 Å². The van der Waals surface area contributed by atoms with Gasteiger partial charge < -0.3 is 0 Å². The van der Waals surface area contributed by atoms with Gasteiger partial charge in [-0.15, -0.1) is 0 Å². The van der Waals surface area contributed by atoms with Gasteiger partial charge in [-0.05, 0) is 50.6 Å². The molecule has 130 valence electrons. The number of hydrogen-bond donors (Lipinski definition) is 0. The van der Waals surface area contributed by atoms with Crippen molar-refractivity contribution in [2.24, 2.45) is 7.05 Å². The van der Waals surface area contributed by atoms with Gasteiger partial charge in [0, 0.05) is 37.1 Å². The average Bonchev–Trinajstić information content (AvgIpc) is 2.90. The summed E-state index contributed by atoms with van der Waals surface area (Å²) < 4.78 is 1.89. The minimum atomic E-state index is 0.0688. The molecule has 0 aromatic carbocycles. The van der Waals surface area contributed by atoms with Crippen molar-refractivity contribution < 1.29 is 0 Å². The number of aromatic nitrogens is 4. The molecule has 1 fully saturated rings. The number of rotatable bonds is 3. The number of likely N-dealkylation sites (tertiary alicyclic amines) is 1. The molecule has 0 bridgehead atoms. The summed E-state index contributed by atoms with van der Waals surface area (Å²) in [7, 11) is 1.97. The first-order chi connectivity index (χ1) is 12.0. The third-order valence-corrected chi connectivity index (χ3v) is 5.38. The van der Waals surface area contributed by atoms with Crippen molar-refractivity contribution in [3.05, 3.63) is 53.6 Å². The van der Waals surface area contributed by atoms with E-state index in [2.05, 4.69) is 46.2 Å². The van der Waals surface area contributed by atoms with Crippen molar-refractivity contribution in [3.63, 3.8) is 0 Å². The first-order valence-electron chi connectivity index (χ1n) is 8.98. The Morgan fingerprint density at radius 1 is 1.20 bits per heavy atom. The number of pyridine rings is 2. The number of aryl methyl sites for hydroxylation is 2. The highest BCUT2D eigenvalue weighted by Gasteiger charge is 2.34. The molecule has 0 saturated carbocycles. The van der Waals surface area contributed by atoms with Crippen molar-refractivity contribution in [1.82, 2.24) is 24.6 Å². The molecule has 1 aliphatic rings. The minimum absolute atomic E-state index is 0.0688. The molecular weight excluding hydrogens is 310 g/mol. The second-order valence-electron chi connectivity index (χ2n) is 7.47. The van der Waals surface area contributed by atoms with E-state index >= 15 is 0 Å². The Morgan fingerprint density at radius 3 is 2.88 bits per heavy atom. The molecule has 0 aliphatic carbocycles. The molecule has 5 heteroatoms. The molecule has 5 nitrogen and oxygen atoms in total. The molecule has 4 rings (SSSR count). The normalized spacial score (nSPS) is 21.7. The lowest BCUT2D eigenvalue weighted by Crippen LogP contribution is -2.44. The van der Waals surface area contributed by atoms with Crippen LogP contribution in [0.3, 0.4) is 0 Å². The molecule has 1 aliphatic heterocycles. The van der Waals surface area contributed by atoms with Crippen molar-refractivity contribution in [2.75, 3.05) is 13.1 Å². The van der Waals surface area contributed by atoms with Gasteiger partial charge in [0.1, 0.15) is 0 Å². The highest BCUT2D eigenvalue weighted by molar-refractivity contribution is 5.78. The SMILES string of the molecule is Cc1nn(C)c2nc(C3(C)CCCN(Cc4ccccn4)C3)ccc12. The van der Waals surface area contributed by atoms with E-state index < -0.39 is 0 Å². The van der Waals surface area contributed by atoms with Crippen LogP contribution in [0, 0.1) is 6.92 Å². The fraction of sp³-hybridized carbons (Fsp3) is 0.450. The van der Waals surface area contributed by atoms with E-state index in [0.29, 0.717) is 0 Å². The van der Waals surface area contributed by atoms with Crippen LogP contribution in [0.4, 0.5) is 0 Å². The molecule has 1 unspecified atom stereocenters. The predicted octanol–water partition coefficient (Wildman–Crippen LogP) is 3.23. The summed E-state index contributed by atoms with van der Waals surface area (Å²) in [5.41, 5.74) is 4.41. The van der Waals surface area contributed by atoms with Gasteiger partial charge in [-0.25, -0.2) is 4.98 Å². The highest BCUT2D eigenvalue weighted by atomic mass is 15.3. The van der Waals surface area contributed by atoms with E-state index in [1.54, 1.807) is 0 Å². The second kappa shape index (κ2) is 6.23. The van der Waals surface area contributed by atoms with E-state index in [4.69, 9.17) is 4.98 Å². The van der Waals surface area contributed by atoms with Crippen LogP contribution in [-0.4, -0.2) is 37.7 Å². The summed E-state index contributed by atoms with van der Waals surface area (Å²) in [6.45, 7) is 7.43. The van der Waals surface area contributed by atoms with Gasteiger partial charge in [0.15, 0.2) is 5.65 Å². The molecule has 0 N–H and O–H groups in total.